The van der Waals surface area contributed by atoms with Gasteiger partial charge in [-0.1, -0.05) is 6.61 Å². The normalized spacial score (nSPS) is 3.60. The Balaban J connectivity index is -0.0000000200. The predicted molar refractivity (Wildman–Crippen MR) is 12.4 cm³/mol. The first kappa shape index (κ1) is 15.8. The zero-order chi connectivity index (χ0) is 2.71. The number of aliphatic hydroxyl groups is 1. The van der Waals surface area contributed by atoms with Crippen LogP contribution >= 0.6 is 0 Å². The third kappa shape index (κ3) is 24.3. The molecule has 0 amide bonds. The molecule has 0 heterocycles. The third-order valence-electron chi connectivity index (χ3n) is 0. The van der Waals surface area contributed by atoms with Gasteiger partial charge in [-0.2, -0.15) is 0 Å². The summed E-state index contributed by atoms with van der Waals surface area (Å²) in [5.41, 5.74) is 0. The van der Waals surface area contributed by atoms with E-state index >= 15 is 0 Å². The van der Waals surface area contributed by atoms with Crippen molar-refractivity contribution in [1.29, 1.82) is 0 Å². The molecule has 0 saturated carbocycles. The number of hydrogen-bond acceptors (Lipinski definition) is 1. The Kier molecular flexibility index (Phi) is 52.8. The summed E-state index contributed by atoms with van der Waals surface area (Å²) in [6.45, 7) is 3.04. The Morgan fingerprint density at radius 3 is 1.40 bits per heavy atom. The molecule has 3 heteroatoms. The van der Waals surface area contributed by atoms with E-state index in [-0.39, 0.29) is 65.7 Å². The van der Waals surface area contributed by atoms with Crippen LogP contribution in [0, 0.1) is 6.92 Å². The number of aliphatic hydroxyl groups excluding tert-OH is 1. The molecule has 0 aromatic rings. The number of rotatable bonds is 0. The smallest absolute Gasteiger partial charge is 0.428 e. The maximum atomic E-state index is 7.46. The molecule has 0 aromatic heterocycles. The molecule has 0 aromatic carbocycles. The van der Waals surface area contributed by atoms with Crippen molar-refractivity contribution in [3.63, 3.8) is 0 Å². The van der Waals surface area contributed by atoms with E-state index in [1.807, 2.05) is 0 Å². The van der Waals surface area contributed by atoms with Crippen LogP contribution in [0.4, 0.5) is 0 Å². The van der Waals surface area contributed by atoms with E-state index in [1.54, 1.807) is 0 Å². The van der Waals surface area contributed by atoms with Crippen LogP contribution in [-0.2, 0) is 0 Å². The molecular formula is C2H5Na2O+. The first-order chi connectivity index (χ1) is 1.41. The van der Waals surface area contributed by atoms with Gasteiger partial charge in [0.2, 0.25) is 0 Å². The van der Waals surface area contributed by atoms with Crippen molar-refractivity contribution in [3.8, 4) is 0 Å². The topological polar surface area (TPSA) is 20.2 Å². The largest absolute Gasteiger partial charge is 1.00 e. The molecule has 0 saturated heterocycles. The van der Waals surface area contributed by atoms with E-state index in [0.29, 0.717) is 0 Å². The zero-order valence-corrected chi connectivity index (χ0v) is 7.86. The van der Waals surface area contributed by atoms with Gasteiger partial charge >= 0.3 is 59.1 Å². The van der Waals surface area contributed by atoms with Gasteiger partial charge in [-0.25, -0.2) is 0 Å². The molecule has 0 radical (unpaired) electrons. The second-order valence-electron chi connectivity index (χ2n) is 0.224. The minimum absolute atomic E-state index is 0. The Labute approximate surface area is 76.7 Å². The van der Waals surface area contributed by atoms with E-state index in [4.69, 9.17) is 5.11 Å². The van der Waals surface area contributed by atoms with E-state index < -0.39 is 0 Å². The molecule has 1 nitrogen and oxygen atoms in total. The van der Waals surface area contributed by atoms with E-state index in [9.17, 15) is 0 Å². The van der Waals surface area contributed by atoms with Crippen LogP contribution in [0.25, 0.3) is 0 Å². The minimum Gasteiger partial charge on any atom is -0.428 e. The fourth-order valence-corrected chi connectivity index (χ4v) is 0. The van der Waals surface area contributed by atoms with Gasteiger partial charge in [0.1, 0.15) is 0 Å². The van der Waals surface area contributed by atoms with E-state index in [1.165, 1.54) is 0 Å². The summed E-state index contributed by atoms with van der Waals surface area (Å²) in [4.78, 5) is 0. The third-order valence-corrected chi connectivity index (χ3v) is 0. The summed E-state index contributed by atoms with van der Waals surface area (Å²) in [5.74, 6) is 0. The van der Waals surface area contributed by atoms with Crippen LogP contribution in [0.1, 0.15) is 0 Å². The maximum absolute atomic E-state index is 7.46. The molecule has 0 aliphatic rings. The molecule has 0 bridgehead atoms. The van der Waals surface area contributed by atoms with Crippen LogP contribution in [0.3, 0.4) is 0 Å². The summed E-state index contributed by atoms with van der Waals surface area (Å²) in [6.07, 6.45) is 0. The van der Waals surface area contributed by atoms with E-state index in [2.05, 4.69) is 6.92 Å². The SMILES string of the molecule is [CH2-]CO.[Na+].[Na+]. The van der Waals surface area contributed by atoms with Crippen molar-refractivity contribution >= 4 is 0 Å². The quantitative estimate of drug-likeness (QED) is 0.232. The van der Waals surface area contributed by atoms with Crippen molar-refractivity contribution in [2.45, 2.75) is 0 Å². The fourth-order valence-electron chi connectivity index (χ4n) is 0. The molecule has 20 valence electrons. The molecule has 1 N–H and O–H groups in total. The Morgan fingerprint density at radius 1 is 1.40 bits per heavy atom. The van der Waals surface area contributed by atoms with Crippen LogP contribution in [-0.4, -0.2) is 11.7 Å². The standard InChI is InChI=1S/C2H5O.2Na/c1-2-3;;/h3H,1-2H2;;/q-1;2*+1. The second kappa shape index (κ2) is 16.7. The van der Waals surface area contributed by atoms with Crippen molar-refractivity contribution in [3.05, 3.63) is 6.92 Å². The van der Waals surface area contributed by atoms with Gasteiger partial charge in [-0.15, -0.1) is 0 Å². The molecular weight excluding hydrogens is 86.0 g/mol. The summed E-state index contributed by atoms with van der Waals surface area (Å²) in [7, 11) is 0. The maximum Gasteiger partial charge on any atom is 1.00 e. The molecule has 5 heavy (non-hydrogen) atoms. The van der Waals surface area contributed by atoms with Crippen molar-refractivity contribution in [2.24, 2.45) is 0 Å². The summed E-state index contributed by atoms with van der Waals surface area (Å²) < 4.78 is 0. The summed E-state index contributed by atoms with van der Waals surface area (Å²) in [5, 5.41) is 7.46. The van der Waals surface area contributed by atoms with Gasteiger partial charge in [-0.05, 0) is 0 Å². The average Bonchev–Trinajstić information content (AvgIpc) is 0.918. The first-order valence-electron chi connectivity index (χ1n) is 0.816. The van der Waals surface area contributed by atoms with Crippen molar-refractivity contribution in [1.82, 2.24) is 0 Å². The Hall–Kier alpha value is 1.96. The van der Waals surface area contributed by atoms with Gasteiger partial charge in [0.15, 0.2) is 0 Å². The average molecular weight is 91.0 g/mol. The number of hydrogen-bond donors (Lipinski definition) is 1. The van der Waals surface area contributed by atoms with Gasteiger partial charge < -0.3 is 12.0 Å². The first-order valence-corrected chi connectivity index (χ1v) is 0.816. The van der Waals surface area contributed by atoms with Crippen LogP contribution in [0.15, 0.2) is 0 Å². The van der Waals surface area contributed by atoms with Gasteiger partial charge in [-0.3, -0.25) is 0 Å². The van der Waals surface area contributed by atoms with Crippen molar-refractivity contribution < 1.29 is 64.2 Å². The molecule has 0 unspecified atom stereocenters. The molecule has 0 rings (SSSR count). The predicted octanol–water partition coefficient (Wildman–Crippen LogP) is -6.18. The molecule has 0 fully saturated rings. The molecule has 0 spiro atoms. The van der Waals surface area contributed by atoms with Gasteiger partial charge in [0.25, 0.3) is 0 Å². The zero-order valence-electron chi connectivity index (χ0n) is 3.86. The van der Waals surface area contributed by atoms with Crippen LogP contribution < -0.4 is 59.1 Å². The Morgan fingerprint density at radius 2 is 1.40 bits per heavy atom. The van der Waals surface area contributed by atoms with Crippen molar-refractivity contribution in [2.75, 3.05) is 6.61 Å². The van der Waals surface area contributed by atoms with E-state index in [0.717, 1.165) is 0 Å². The Bertz CT molecular complexity index is 7.61. The molecule has 0 aliphatic carbocycles. The summed E-state index contributed by atoms with van der Waals surface area (Å²) >= 11 is 0. The minimum atomic E-state index is 0. The second-order valence-corrected chi connectivity index (χ2v) is 0.224. The molecule has 0 aliphatic heterocycles. The molecule has 0 atom stereocenters. The van der Waals surface area contributed by atoms with Crippen LogP contribution in [0.5, 0.6) is 0 Å². The fraction of sp³-hybridized carbons (Fsp3) is 0.500. The van der Waals surface area contributed by atoms with Gasteiger partial charge in [0, 0.05) is 0 Å². The van der Waals surface area contributed by atoms with Gasteiger partial charge in [0.05, 0.1) is 0 Å². The monoisotopic (exact) mass is 91.0 g/mol. The summed E-state index contributed by atoms with van der Waals surface area (Å²) in [6, 6.07) is 0. The van der Waals surface area contributed by atoms with Crippen LogP contribution in [0.2, 0.25) is 0 Å².